The van der Waals surface area contributed by atoms with Crippen molar-refractivity contribution in [3.05, 3.63) is 66.0 Å². The van der Waals surface area contributed by atoms with E-state index < -0.39 is 0 Å². The van der Waals surface area contributed by atoms with Gasteiger partial charge in [0.15, 0.2) is 5.96 Å². The molecule has 1 aromatic carbocycles. The molecular formula is C20H26N4O. The number of benzene rings is 1. The van der Waals surface area contributed by atoms with E-state index in [0.717, 1.165) is 31.2 Å². The molecule has 1 aliphatic heterocycles. The van der Waals surface area contributed by atoms with Crippen LogP contribution >= 0.6 is 0 Å². The molecule has 0 saturated carbocycles. The average molecular weight is 338 g/mol. The molecule has 3 rings (SSSR count). The molecule has 1 fully saturated rings. The number of hydrogen-bond donors (Lipinski definition) is 2. The van der Waals surface area contributed by atoms with Crippen molar-refractivity contribution >= 4 is 5.96 Å². The minimum Gasteiger partial charge on any atom is -0.378 e. The lowest BCUT2D eigenvalue weighted by atomic mass is 10.2. The number of aromatic nitrogens is 1. The highest BCUT2D eigenvalue weighted by Crippen LogP contribution is 2.14. The lowest BCUT2D eigenvalue weighted by Gasteiger charge is -2.14. The maximum absolute atomic E-state index is 5.68. The van der Waals surface area contributed by atoms with E-state index >= 15 is 0 Å². The van der Waals surface area contributed by atoms with Gasteiger partial charge in [-0.2, -0.15) is 0 Å². The quantitative estimate of drug-likeness (QED) is 0.602. The van der Waals surface area contributed by atoms with Gasteiger partial charge in [-0.3, -0.25) is 4.98 Å². The molecule has 1 saturated heterocycles. The Morgan fingerprint density at radius 1 is 1.12 bits per heavy atom. The number of aliphatic imine (C=N–C) groups is 1. The normalized spacial score (nSPS) is 17.4. The van der Waals surface area contributed by atoms with E-state index in [1.54, 1.807) is 0 Å². The van der Waals surface area contributed by atoms with Gasteiger partial charge in [0.25, 0.3) is 0 Å². The molecule has 5 nitrogen and oxygen atoms in total. The zero-order valence-corrected chi connectivity index (χ0v) is 14.5. The Hall–Kier alpha value is -2.40. The van der Waals surface area contributed by atoms with Crippen LogP contribution in [0.2, 0.25) is 0 Å². The van der Waals surface area contributed by atoms with E-state index in [9.17, 15) is 0 Å². The third kappa shape index (κ3) is 6.19. The first kappa shape index (κ1) is 17.4. The third-order valence-electron chi connectivity index (χ3n) is 4.21. The highest BCUT2D eigenvalue weighted by Gasteiger charge is 2.14. The predicted molar refractivity (Wildman–Crippen MR) is 100 cm³/mol. The molecule has 25 heavy (non-hydrogen) atoms. The van der Waals surface area contributed by atoms with E-state index in [0.29, 0.717) is 19.2 Å². The van der Waals surface area contributed by atoms with Crippen molar-refractivity contribution in [2.75, 3.05) is 13.2 Å². The molecule has 1 atom stereocenters. The molecule has 2 N–H and O–H groups in total. The summed E-state index contributed by atoms with van der Waals surface area (Å²) in [6.45, 7) is 3.06. The maximum Gasteiger partial charge on any atom is 0.191 e. The molecule has 2 aromatic rings. The summed E-state index contributed by atoms with van der Waals surface area (Å²) >= 11 is 0. The highest BCUT2D eigenvalue weighted by molar-refractivity contribution is 5.79. The molecule has 5 heteroatoms. The van der Waals surface area contributed by atoms with E-state index in [1.807, 2.05) is 42.6 Å². The molecule has 0 aliphatic carbocycles. The van der Waals surface area contributed by atoms with Gasteiger partial charge in [-0.05, 0) is 37.0 Å². The summed E-state index contributed by atoms with van der Waals surface area (Å²) in [5, 5.41) is 6.79. The Morgan fingerprint density at radius 2 is 2.00 bits per heavy atom. The first-order chi connectivity index (χ1) is 12.4. The topological polar surface area (TPSA) is 58.5 Å². The molecule has 0 unspecified atom stereocenters. The smallest absolute Gasteiger partial charge is 0.191 e. The zero-order chi connectivity index (χ0) is 17.2. The van der Waals surface area contributed by atoms with Gasteiger partial charge in [-0.15, -0.1) is 0 Å². The van der Waals surface area contributed by atoms with Crippen LogP contribution in [-0.4, -0.2) is 30.2 Å². The number of nitrogens with zero attached hydrogens (tertiary/aromatic N) is 2. The SMILES string of the molecule is c1ccc(CN=C(NCC[C@@H]2CCCO2)NCc2ccccn2)cc1. The Morgan fingerprint density at radius 3 is 2.76 bits per heavy atom. The number of guanidine groups is 1. The molecule has 0 spiro atoms. The Kier molecular flexibility index (Phi) is 6.82. The minimum atomic E-state index is 0.388. The first-order valence-corrected chi connectivity index (χ1v) is 8.98. The lowest BCUT2D eigenvalue weighted by Crippen LogP contribution is -2.38. The van der Waals surface area contributed by atoms with Crippen LogP contribution in [0.1, 0.15) is 30.5 Å². The fraction of sp³-hybridized carbons (Fsp3) is 0.400. The molecule has 0 radical (unpaired) electrons. The second kappa shape index (κ2) is 9.79. The van der Waals surface area contributed by atoms with Gasteiger partial charge in [0.2, 0.25) is 0 Å². The maximum atomic E-state index is 5.68. The van der Waals surface area contributed by atoms with E-state index in [4.69, 9.17) is 9.73 Å². The van der Waals surface area contributed by atoms with Crippen LogP contribution in [0.5, 0.6) is 0 Å². The van der Waals surface area contributed by atoms with Crippen molar-refractivity contribution in [2.45, 2.75) is 38.5 Å². The number of nitrogens with one attached hydrogen (secondary N) is 2. The van der Waals surface area contributed by atoms with Gasteiger partial charge >= 0.3 is 0 Å². The van der Waals surface area contributed by atoms with Crippen molar-refractivity contribution < 1.29 is 4.74 Å². The van der Waals surface area contributed by atoms with Crippen LogP contribution in [0.3, 0.4) is 0 Å². The van der Waals surface area contributed by atoms with Gasteiger partial charge in [-0.1, -0.05) is 36.4 Å². The molecule has 0 bridgehead atoms. The van der Waals surface area contributed by atoms with Gasteiger partial charge in [0.05, 0.1) is 24.9 Å². The number of pyridine rings is 1. The second-order valence-electron chi connectivity index (χ2n) is 6.18. The average Bonchev–Trinajstić information content (AvgIpc) is 3.19. The van der Waals surface area contributed by atoms with Crippen molar-refractivity contribution in [2.24, 2.45) is 4.99 Å². The number of ether oxygens (including phenoxy) is 1. The predicted octanol–water partition coefficient (Wildman–Crippen LogP) is 2.89. The van der Waals surface area contributed by atoms with Gasteiger partial charge in [0, 0.05) is 19.3 Å². The zero-order valence-electron chi connectivity index (χ0n) is 14.5. The summed E-state index contributed by atoms with van der Waals surface area (Å²) in [5.41, 5.74) is 2.19. The summed E-state index contributed by atoms with van der Waals surface area (Å²) in [4.78, 5) is 9.05. The lowest BCUT2D eigenvalue weighted by molar-refractivity contribution is 0.105. The summed E-state index contributed by atoms with van der Waals surface area (Å²) < 4.78 is 5.68. The molecule has 1 aromatic heterocycles. The van der Waals surface area contributed by atoms with E-state index in [-0.39, 0.29) is 0 Å². The van der Waals surface area contributed by atoms with Crippen LogP contribution in [0.25, 0.3) is 0 Å². The van der Waals surface area contributed by atoms with Crippen molar-refractivity contribution in [1.29, 1.82) is 0 Å². The molecule has 0 amide bonds. The van der Waals surface area contributed by atoms with Crippen molar-refractivity contribution in [3.8, 4) is 0 Å². The van der Waals surface area contributed by atoms with Crippen LogP contribution < -0.4 is 10.6 Å². The Balaban J connectivity index is 1.54. The number of hydrogen-bond acceptors (Lipinski definition) is 3. The molecule has 1 aliphatic rings. The third-order valence-corrected chi connectivity index (χ3v) is 4.21. The summed E-state index contributed by atoms with van der Waals surface area (Å²) in [6.07, 6.45) is 5.55. The summed E-state index contributed by atoms with van der Waals surface area (Å²) in [5.74, 6) is 0.813. The monoisotopic (exact) mass is 338 g/mol. The highest BCUT2D eigenvalue weighted by atomic mass is 16.5. The van der Waals surface area contributed by atoms with E-state index in [2.05, 4.69) is 27.8 Å². The number of rotatable bonds is 7. The second-order valence-corrected chi connectivity index (χ2v) is 6.18. The minimum absolute atomic E-state index is 0.388. The van der Waals surface area contributed by atoms with Crippen LogP contribution in [0.4, 0.5) is 0 Å². The van der Waals surface area contributed by atoms with Crippen molar-refractivity contribution in [1.82, 2.24) is 15.6 Å². The first-order valence-electron chi connectivity index (χ1n) is 8.98. The molecule has 2 heterocycles. The summed E-state index contributed by atoms with van der Waals surface area (Å²) in [7, 11) is 0. The van der Waals surface area contributed by atoms with Gasteiger partial charge < -0.3 is 15.4 Å². The fourth-order valence-corrected chi connectivity index (χ4v) is 2.83. The van der Waals surface area contributed by atoms with Gasteiger partial charge in [-0.25, -0.2) is 4.99 Å². The Labute approximate surface area is 149 Å². The largest absolute Gasteiger partial charge is 0.378 e. The van der Waals surface area contributed by atoms with Crippen molar-refractivity contribution in [3.63, 3.8) is 0 Å². The standard InChI is InChI=1S/C20H26N4O/c1-2-7-17(8-3-1)15-23-20(22-13-11-19-10-6-14-25-19)24-16-18-9-4-5-12-21-18/h1-5,7-9,12,19H,6,10-11,13-16H2,(H2,22,23,24)/t19-/m0/s1. The Bertz CT molecular complexity index is 639. The van der Waals surface area contributed by atoms with E-state index in [1.165, 1.54) is 18.4 Å². The molecular weight excluding hydrogens is 312 g/mol. The van der Waals surface area contributed by atoms with Crippen LogP contribution in [0.15, 0.2) is 59.7 Å². The van der Waals surface area contributed by atoms with Gasteiger partial charge in [0.1, 0.15) is 0 Å². The van der Waals surface area contributed by atoms with Crippen LogP contribution in [-0.2, 0) is 17.8 Å². The summed E-state index contributed by atoms with van der Waals surface area (Å²) in [6, 6.07) is 16.2. The fourth-order valence-electron chi connectivity index (χ4n) is 2.83. The van der Waals surface area contributed by atoms with Crippen LogP contribution in [0, 0.1) is 0 Å². The molecule has 132 valence electrons.